The fraction of sp³-hybridized carbons (Fsp3) is 0.441. The van der Waals surface area contributed by atoms with Gasteiger partial charge in [0, 0.05) is 23.9 Å². The molecular weight excluding hydrogens is 559 g/mol. The van der Waals surface area contributed by atoms with Crippen molar-refractivity contribution in [3.05, 3.63) is 77.1 Å². The molecule has 44 heavy (non-hydrogen) atoms. The number of imidazole rings is 1. The second kappa shape index (κ2) is 12.1. The van der Waals surface area contributed by atoms with E-state index >= 15 is 0 Å². The number of anilines is 1. The number of allylic oxidation sites excluding steroid dienone is 2. The Morgan fingerprint density at radius 2 is 1.93 bits per heavy atom. The van der Waals surface area contributed by atoms with E-state index in [0.717, 1.165) is 29.1 Å². The van der Waals surface area contributed by atoms with E-state index in [1.165, 1.54) is 17.7 Å². The van der Waals surface area contributed by atoms with Crippen LogP contribution in [0.4, 0.5) is 14.9 Å². The molecule has 10 heteroatoms. The molecule has 0 saturated heterocycles. The third-order valence-electron chi connectivity index (χ3n) is 8.59. The Kier molecular flexibility index (Phi) is 8.57. The molecule has 2 aliphatic heterocycles. The summed E-state index contributed by atoms with van der Waals surface area (Å²) in [5.41, 5.74) is 4.09. The molecule has 0 aliphatic carbocycles. The Bertz CT molecular complexity index is 1650. The smallest absolute Gasteiger partial charge is 0.417 e. The van der Waals surface area contributed by atoms with Crippen LogP contribution >= 0.6 is 0 Å². The number of dihydropyridines is 1. The van der Waals surface area contributed by atoms with Gasteiger partial charge >= 0.3 is 6.09 Å². The molecule has 5 rings (SSSR count). The molecule has 2 atom stereocenters. The predicted octanol–water partition coefficient (Wildman–Crippen LogP) is 6.57. The number of aromatic nitrogens is 2. The van der Waals surface area contributed by atoms with E-state index in [4.69, 9.17) is 4.74 Å². The number of nitrogens with zero attached hydrogens (tertiary/aromatic N) is 4. The number of fused-ring (bicyclic) bond motifs is 2. The number of rotatable bonds is 8. The topological polar surface area (TPSA) is 91.2 Å². The van der Waals surface area contributed by atoms with Gasteiger partial charge in [-0.05, 0) is 89.9 Å². The molecule has 2 aliphatic rings. The van der Waals surface area contributed by atoms with Crippen LogP contribution in [0, 0.1) is 11.7 Å². The van der Waals surface area contributed by atoms with Crippen LogP contribution in [-0.4, -0.2) is 63.0 Å². The van der Waals surface area contributed by atoms with Gasteiger partial charge in [0.25, 0.3) is 5.91 Å². The zero-order valence-corrected chi connectivity index (χ0v) is 26.9. The largest absolute Gasteiger partial charge is 0.443 e. The molecule has 0 spiro atoms. The van der Waals surface area contributed by atoms with Crippen molar-refractivity contribution in [2.45, 2.75) is 78.6 Å². The Morgan fingerprint density at radius 3 is 2.59 bits per heavy atom. The third-order valence-corrected chi connectivity index (χ3v) is 8.59. The zero-order valence-electron chi connectivity index (χ0n) is 26.9. The van der Waals surface area contributed by atoms with Crippen molar-refractivity contribution in [2.24, 2.45) is 5.92 Å². The van der Waals surface area contributed by atoms with E-state index < -0.39 is 17.6 Å². The highest BCUT2D eigenvalue weighted by Gasteiger charge is 2.39. The lowest BCUT2D eigenvalue weighted by molar-refractivity contribution is 0.0248. The molecule has 1 aromatic carbocycles. The summed E-state index contributed by atoms with van der Waals surface area (Å²) in [6.45, 7) is 12.0. The molecule has 2 aromatic heterocycles. The number of carbonyl (C=O) groups excluding carboxylic acids is 2. The molecule has 4 heterocycles. The number of imide groups is 1. The first-order valence-electron chi connectivity index (χ1n) is 15.3. The van der Waals surface area contributed by atoms with Crippen molar-refractivity contribution < 1.29 is 18.7 Å². The summed E-state index contributed by atoms with van der Waals surface area (Å²) < 4.78 is 21.3. The lowest BCUT2D eigenvalue weighted by atomic mass is 9.84. The van der Waals surface area contributed by atoms with E-state index in [1.54, 1.807) is 37.6 Å². The van der Waals surface area contributed by atoms with Gasteiger partial charge in [-0.1, -0.05) is 26.0 Å². The van der Waals surface area contributed by atoms with E-state index in [1.807, 2.05) is 18.2 Å². The van der Waals surface area contributed by atoms with Gasteiger partial charge in [-0.3, -0.25) is 9.20 Å². The van der Waals surface area contributed by atoms with E-state index in [0.29, 0.717) is 34.1 Å². The fourth-order valence-corrected chi connectivity index (χ4v) is 6.04. The highest BCUT2D eigenvalue weighted by atomic mass is 19.1. The van der Waals surface area contributed by atoms with Gasteiger partial charge in [-0.2, -0.15) is 0 Å². The predicted molar refractivity (Wildman–Crippen MR) is 171 cm³/mol. The number of likely N-dealkylation sites (N-methyl/N-ethyl adjacent to an activating group) is 1. The van der Waals surface area contributed by atoms with Crippen molar-refractivity contribution in [3.63, 3.8) is 0 Å². The summed E-state index contributed by atoms with van der Waals surface area (Å²) in [7, 11) is 4.15. The first-order chi connectivity index (χ1) is 20.8. The SMILES string of the molecule is CCC(CC)C1=CC=C(Nc2ccc(-c3cnc4cc(F)ccn34)c3c2C(=O)N(C(=O)OC(C)(C)C)C3)NC1C(C)N(C)C. The quantitative estimate of drug-likeness (QED) is 0.301. The minimum atomic E-state index is -0.768. The van der Waals surface area contributed by atoms with E-state index in [2.05, 4.69) is 61.5 Å². The van der Waals surface area contributed by atoms with Gasteiger partial charge in [0.05, 0.1) is 35.7 Å². The van der Waals surface area contributed by atoms with E-state index in [9.17, 15) is 14.0 Å². The summed E-state index contributed by atoms with van der Waals surface area (Å²) in [6.07, 6.45) is 8.89. The van der Waals surface area contributed by atoms with Crippen LogP contribution in [-0.2, 0) is 11.3 Å². The number of halogens is 1. The maximum Gasteiger partial charge on any atom is 0.417 e. The van der Waals surface area contributed by atoms with Crippen LogP contribution in [0.25, 0.3) is 16.9 Å². The first-order valence-corrected chi connectivity index (χ1v) is 15.3. The number of pyridine rings is 1. The summed E-state index contributed by atoms with van der Waals surface area (Å²) in [5.74, 6) is 0.393. The van der Waals surface area contributed by atoms with Crippen LogP contribution in [0.5, 0.6) is 0 Å². The molecule has 2 amide bonds. The standard InChI is InChI=1S/C34H43FN6O3/c1-9-21(10-2)23-12-14-28(38-31(23)20(3)39(7)8)37-26-13-11-24(27-18-36-29-17-22(35)15-16-40(27)29)25-19-41(32(42)30(25)26)33(43)44-34(4,5)6/h11-18,20-21,31,37-38H,9-10,19H2,1-8H3. The molecule has 234 valence electrons. The van der Waals surface area contributed by atoms with Gasteiger partial charge in [0.15, 0.2) is 0 Å². The fourth-order valence-electron chi connectivity index (χ4n) is 6.04. The Balaban J connectivity index is 1.57. The molecule has 3 aromatic rings. The van der Waals surface area contributed by atoms with Crippen molar-refractivity contribution in [2.75, 3.05) is 19.4 Å². The molecule has 0 fully saturated rings. The van der Waals surface area contributed by atoms with Crippen molar-refractivity contribution in [1.82, 2.24) is 24.5 Å². The average Bonchev–Trinajstić information content (AvgIpc) is 3.54. The van der Waals surface area contributed by atoms with Crippen LogP contribution in [0.3, 0.4) is 0 Å². The van der Waals surface area contributed by atoms with Crippen molar-refractivity contribution in [1.29, 1.82) is 0 Å². The van der Waals surface area contributed by atoms with Gasteiger partial charge in [-0.25, -0.2) is 19.1 Å². The number of ether oxygens (including phenoxy) is 1. The zero-order chi connectivity index (χ0) is 31.9. The normalized spacial score (nSPS) is 17.5. The Morgan fingerprint density at radius 1 is 1.20 bits per heavy atom. The molecule has 2 N–H and O–H groups in total. The van der Waals surface area contributed by atoms with E-state index in [-0.39, 0.29) is 24.4 Å². The summed E-state index contributed by atoms with van der Waals surface area (Å²) in [6, 6.07) is 6.76. The monoisotopic (exact) mass is 602 g/mol. The van der Waals surface area contributed by atoms with Gasteiger partial charge < -0.3 is 20.3 Å². The van der Waals surface area contributed by atoms with Gasteiger partial charge in [0.2, 0.25) is 0 Å². The lowest BCUT2D eigenvalue weighted by Crippen LogP contribution is -2.49. The molecular formula is C34H43FN6O3. The molecule has 9 nitrogen and oxygen atoms in total. The van der Waals surface area contributed by atoms with Crippen LogP contribution in [0.15, 0.2) is 60.2 Å². The third kappa shape index (κ3) is 5.95. The number of nitrogens with one attached hydrogen (secondary N) is 2. The molecule has 2 unspecified atom stereocenters. The Labute approximate surface area is 258 Å². The maximum atomic E-state index is 14.0. The van der Waals surface area contributed by atoms with Crippen LogP contribution < -0.4 is 10.6 Å². The number of carbonyl (C=O) groups is 2. The number of hydrogen-bond donors (Lipinski definition) is 2. The lowest BCUT2D eigenvalue weighted by Gasteiger charge is -2.38. The number of amides is 2. The molecule has 0 saturated carbocycles. The maximum absolute atomic E-state index is 14.0. The number of benzene rings is 1. The van der Waals surface area contributed by atoms with Gasteiger partial charge in [0.1, 0.15) is 22.9 Å². The van der Waals surface area contributed by atoms with Crippen LogP contribution in [0.2, 0.25) is 0 Å². The summed E-state index contributed by atoms with van der Waals surface area (Å²) >= 11 is 0. The Hall–Kier alpha value is -4.18. The van der Waals surface area contributed by atoms with Crippen molar-refractivity contribution in [3.8, 4) is 11.3 Å². The average molecular weight is 603 g/mol. The molecule has 0 bridgehead atoms. The van der Waals surface area contributed by atoms with Crippen molar-refractivity contribution >= 4 is 23.3 Å². The minimum Gasteiger partial charge on any atom is -0.443 e. The highest BCUT2D eigenvalue weighted by molar-refractivity contribution is 6.11. The first kappa shape index (κ1) is 31.3. The second-order valence-corrected chi connectivity index (χ2v) is 12.8. The number of hydrogen-bond acceptors (Lipinski definition) is 7. The molecule has 0 radical (unpaired) electrons. The van der Waals surface area contributed by atoms with Gasteiger partial charge in [-0.15, -0.1) is 0 Å². The minimum absolute atomic E-state index is 0.0356. The second-order valence-electron chi connectivity index (χ2n) is 12.8. The summed E-state index contributed by atoms with van der Waals surface area (Å²) in [5, 5.41) is 7.17. The van der Waals surface area contributed by atoms with Crippen LogP contribution in [0.1, 0.15) is 70.3 Å². The highest BCUT2D eigenvalue weighted by Crippen LogP contribution is 2.39. The summed E-state index contributed by atoms with van der Waals surface area (Å²) in [4.78, 5) is 34.9.